The summed E-state index contributed by atoms with van der Waals surface area (Å²) in [7, 11) is 3.64. The van der Waals surface area contributed by atoms with Crippen molar-refractivity contribution >= 4 is 21.8 Å². The number of carbonyl (C=O) groups excluding carboxylic acids is 1. The van der Waals surface area contributed by atoms with Crippen LogP contribution in [0.1, 0.15) is 21.7 Å². The van der Waals surface area contributed by atoms with Gasteiger partial charge in [-0.3, -0.25) is 14.2 Å². The molecule has 2 heterocycles. The lowest BCUT2D eigenvalue weighted by molar-refractivity contribution is 0.0949. The minimum Gasteiger partial charge on any atom is -0.346 e. The van der Waals surface area contributed by atoms with Crippen LogP contribution >= 0.6 is 15.9 Å². The van der Waals surface area contributed by atoms with E-state index in [4.69, 9.17) is 0 Å². The van der Waals surface area contributed by atoms with Crippen LogP contribution in [0.3, 0.4) is 0 Å². The normalized spacial score (nSPS) is 10.7. The van der Waals surface area contributed by atoms with Gasteiger partial charge in [-0.25, -0.2) is 0 Å². The van der Waals surface area contributed by atoms with E-state index in [-0.39, 0.29) is 5.91 Å². The predicted molar refractivity (Wildman–Crippen MR) is 70.0 cm³/mol. The molecular formula is C11H14BrN5O. The Kier molecular flexibility index (Phi) is 3.51. The molecule has 1 N–H and O–H groups in total. The summed E-state index contributed by atoms with van der Waals surface area (Å²) in [5.41, 5.74) is 2.36. The van der Waals surface area contributed by atoms with Crippen molar-refractivity contribution in [1.82, 2.24) is 24.9 Å². The topological polar surface area (TPSA) is 64.7 Å². The fourth-order valence-corrected chi connectivity index (χ4v) is 2.10. The first-order chi connectivity index (χ1) is 8.50. The lowest BCUT2D eigenvalue weighted by Gasteiger charge is -2.06. The van der Waals surface area contributed by atoms with Gasteiger partial charge in [-0.05, 0) is 22.9 Å². The molecule has 0 saturated carbocycles. The van der Waals surface area contributed by atoms with Crippen molar-refractivity contribution in [3.63, 3.8) is 0 Å². The number of aromatic nitrogens is 4. The summed E-state index contributed by atoms with van der Waals surface area (Å²) in [5, 5.41) is 11.0. The molecule has 96 valence electrons. The van der Waals surface area contributed by atoms with Gasteiger partial charge >= 0.3 is 0 Å². The first-order valence-electron chi connectivity index (χ1n) is 5.44. The van der Waals surface area contributed by atoms with Gasteiger partial charge in [0, 0.05) is 19.8 Å². The average Bonchev–Trinajstić information content (AvgIpc) is 2.82. The zero-order valence-corrected chi connectivity index (χ0v) is 12.0. The van der Waals surface area contributed by atoms with Crippen LogP contribution in [-0.2, 0) is 20.6 Å². The van der Waals surface area contributed by atoms with E-state index in [0.29, 0.717) is 12.1 Å². The number of hydrogen-bond donors (Lipinski definition) is 1. The van der Waals surface area contributed by atoms with Crippen LogP contribution < -0.4 is 5.32 Å². The van der Waals surface area contributed by atoms with Crippen molar-refractivity contribution in [2.24, 2.45) is 14.1 Å². The molecule has 0 atom stereocenters. The molecule has 2 rings (SSSR count). The van der Waals surface area contributed by atoms with Gasteiger partial charge < -0.3 is 5.32 Å². The molecule has 0 unspecified atom stereocenters. The van der Waals surface area contributed by atoms with Gasteiger partial charge in [-0.15, -0.1) is 0 Å². The number of rotatable bonds is 3. The lowest BCUT2D eigenvalue weighted by Crippen LogP contribution is -2.24. The summed E-state index contributed by atoms with van der Waals surface area (Å²) in [5.74, 6) is -0.131. The molecule has 6 nitrogen and oxygen atoms in total. The zero-order valence-electron chi connectivity index (χ0n) is 10.4. The molecule has 18 heavy (non-hydrogen) atoms. The number of aryl methyl sites for hydroxylation is 2. The Labute approximate surface area is 113 Å². The molecule has 0 spiro atoms. The van der Waals surface area contributed by atoms with Crippen molar-refractivity contribution in [3.8, 4) is 0 Å². The first kappa shape index (κ1) is 12.8. The maximum atomic E-state index is 12.0. The molecule has 0 saturated heterocycles. The van der Waals surface area contributed by atoms with Gasteiger partial charge in [-0.1, -0.05) is 0 Å². The largest absolute Gasteiger partial charge is 0.346 e. The van der Waals surface area contributed by atoms with Crippen molar-refractivity contribution in [2.45, 2.75) is 13.5 Å². The minimum atomic E-state index is -0.131. The highest BCUT2D eigenvalue weighted by molar-refractivity contribution is 9.10. The van der Waals surface area contributed by atoms with E-state index in [2.05, 4.69) is 31.4 Å². The number of amides is 1. The second-order valence-electron chi connectivity index (χ2n) is 4.01. The number of nitrogens with one attached hydrogen (secondary N) is 1. The number of halogens is 1. The molecule has 0 fully saturated rings. The standard InChI is InChI=1S/C11H14BrN5O/c1-7-8(4-14-16(7)2)11(18)13-6-10-9(12)5-15-17(10)3/h4-5H,6H2,1-3H3,(H,13,18). The Morgan fingerprint density at radius 3 is 2.50 bits per heavy atom. The van der Waals surface area contributed by atoms with Crippen LogP contribution in [0.25, 0.3) is 0 Å². The lowest BCUT2D eigenvalue weighted by atomic mass is 10.2. The molecular weight excluding hydrogens is 298 g/mol. The summed E-state index contributed by atoms with van der Waals surface area (Å²) in [6.45, 7) is 2.28. The summed E-state index contributed by atoms with van der Waals surface area (Å²) < 4.78 is 4.28. The third-order valence-electron chi connectivity index (χ3n) is 2.91. The maximum absolute atomic E-state index is 12.0. The van der Waals surface area contributed by atoms with Gasteiger partial charge in [0.25, 0.3) is 5.91 Å². The molecule has 2 aromatic heterocycles. The Hall–Kier alpha value is -1.63. The fourth-order valence-electron chi connectivity index (χ4n) is 1.62. The first-order valence-corrected chi connectivity index (χ1v) is 6.23. The van der Waals surface area contributed by atoms with E-state index in [9.17, 15) is 4.79 Å². The van der Waals surface area contributed by atoms with Gasteiger partial charge in [0.2, 0.25) is 0 Å². The summed E-state index contributed by atoms with van der Waals surface area (Å²) in [4.78, 5) is 12.0. The highest BCUT2D eigenvalue weighted by atomic mass is 79.9. The minimum absolute atomic E-state index is 0.131. The van der Waals surface area contributed by atoms with Crippen LogP contribution in [0.4, 0.5) is 0 Å². The smallest absolute Gasteiger partial charge is 0.255 e. The second-order valence-corrected chi connectivity index (χ2v) is 4.87. The molecule has 7 heteroatoms. The average molecular weight is 312 g/mol. The van der Waals surface area contributed by atoms with Crippen LogP contribution in [-0.4, -0.2) is 25.5 Å². The summed E-state index contributed by atoms with van der Waals surface area (Å²) in [6, 6.07) is 0. The van der Waals surface area contributed by atoms with Gasteiger partial charge in [0.15, 0.2) is 0 Å². The Morgan fingerprint density at radius 1 is 1.33 bits per heavy atom. The summed E-state index contributed by atoms with van der Waals surface area (Å²) in [6.07, 6.45) is 3.28. The number of nitrogens with zero attached hydrogens (tertiary/aromatic N) is 4. The Morgan fingerprint density at radius 2 is 2.00 bits per heavy atom. The van der Waals surface area contributed by atoms with E-state index in [1.807, 2.05) is 21.0 Å². The molecule has 0 aliphatic carbocycles. The van der Waals surface area contributed by atoms with Gasteiger partial charge in [0.05, 0.1) is 34.7 Å². The molecule has 2 aromatic rings. The van der Waals surface area contributed by atoms with Crippen molar-refractivity contribution < 1.29 is 4.79 Å². The van der Waals surface area contributed by atoms with Crippen LogP contribution in [0.2, 0.25) is 0 Å². The van der Waals surface area contributed by atoms with E-state index in [1.165, 1.54) is 0 Å². The molecule has 0 aliphatic rings. The van der Waals surface area contributed by atoms with E-state index in [0.717, 1.165) is 15.9 Å². The fraction of sp³-hybridized carbons (Fsp3) is 0.364. The third-order valence-corrected chi connectivity index (χ3v) is 3.57. The quantitative estimate of drug-likeness (QED) is 0.925. The van der Waals surface area contributed by atoms with Crippen molar-refractivity contribution in [1.29, 1.82) is 0 Å². The van der Waals surface area contributed by atoms with E-state index < -0.39 is 0 Å². The number of hydrogen-bond acceptors (Lipinski definition) is 3. The molecule has 0 aliphatic heterocycles. The monoisotopic (exact) mass is 311 g/mol. The zero-order chi connectivity index (χ0) is 13.3. The van der Waals surface area contributed by atoms with E-state index >= 15 is 0 Å². The highest BCUT2D eigenvalue weighted by Gasteiger charge is 2.14. The Bertz CT molecular complexity index is 567. The SMILES string of the molecule is Cc1c(C(=O)NCc2c(Br)cnn2C)cnn1C. The van der Waals surface area contributed by atoms with Crippen LogP contribution in [0.15, 0.2) is 16.9 Å². The van der Waals surface area contributed by atoms with Crippen LogP contribution in [0, 0.1) is 6.92 Å². The second kappa shape index (κ2) is 4.93. The molecule has 0 aromatic carbocycles. The third kappa shape index (κ3) is 2.31. The van der Waals surface area contributed by atoms with Crippen molar-refractivity contribution in [2.75, 3.05) is 0 Å². The van der Waals surface area contributed by atoms with Crippen molar-refractivity contribution in [3.05, 3.63) is 33.8 Å². The molecule has 1 amide bonds. The van der Waals surface area contributed by atoms with E-state index in [1.54, 1.807) is 21.8 Å². The van der Waals surface area contributed by atoms with Crippen LogP contribution in [0.5, 0.6) is 0 Å². The van der Waals surface area contributed by atoms with Gasteiger partial charge in [0.1, 0.15) is 0 Å². The number of carbonyl (C=O) groups is 1. The highest BCUT2D eigenvalue weighted by Crippen LogP contribution is 2.15. The summed E-state index contributed by atoms with van der Waals surface area (Å²) >= 11 is 3.39. The molecule has 0 radical (unpaired) electrons. The van der Waals surface area contributed by atoms with Gasteiger partial charge in [-0.2, -0.15) is 10.2 Å². The molecule has 0 bridgehead atoms. The predicted octanol–water partition coefficient (Wildman–Crippen LogP) is 1.15. The maximum Gasteiger partial charge on any atom is 0.255 e. The Balaban J connectivity index is 2.07.